The zero-order valence-corrected chi connectivity index (χ0v) is 22.1. The van der Waals surface area contributed by atoms with Gasteiger partial charge in [-0.25, -0.2) is 4.39 Å². The molecule has 0 atom stereocenters. The number of aromatic amines is 2. The Balaban J connectivity index is 1.21. The van der Waals surface area contributed by atoms with Crippen molar-refractivity contribution in [3.05, 3.63) is 78.6 Å². The Kier molecular flexibility index (Phi) is 6.20. The highest BCUT2D eigenvalue weighted by molar-refractivity contribution is 6.00. The molecule has 2 N–H and O–H groups in total. The number of fused-ring (bicyclic) bond motifs is 2. The van der Waals surface area contributed by atoms with Gasteiger partial charge in [0.15, 0.2) is 0 Å². The van der Waals surface area contributed by atoms with Crippen LogP contribution in [0.4, 0.5) is 4.39 Å². The average Bonchev–Trinajstić information content (AvgIpc) is 3.71. The van der Waals surface area contributed by atoms with Gasteiger partial charge in [-0.15, -0.1) is 0 Å². The minimum absolute atomic E-state index is 0.279. The molecule has 200 valence electrons. The Bertz CT molecular complexity index is 1820. The number of hydrogen-bond donors (Lipinski definition) is 2. The maximum Gasteiger partial charge on any atom is 0.138 e. The minimum Gasteiger partial charge on any atom is -0.491 e. The molecule has 1 saturated heterocycles. The SMILES string of the molecule is Cc1cc(F)cc(-c2nccc3[nH]c(-c4n[nH]c5cnc(-c6cncc(OCCN7CCCC7)c6)cc45)cc23)c1. The van der Waals surface area contributed by atoms with E-state index in [9.17, 15) is 4.39 Å². The predicted octanol–water partition coefficient (Wildman–Crippen LogP) is 6.15. The van der Waals surface area contributed by atoms with Crippen LogP contribution >= 0.6 is 0 Å². The number of hydrogen-bond acceptors (Lipinski definition) is 6. The average molecular weight is 534 g/mol. The third-order valence-electron chi connectivity index (χ3n) is 7.45. The second-order valence-corrected chi connectivity index (χ2v) is 10.3. The first-order chi connectivity index (χ1) is 19.6. The number of nitrogens with zero attached hydrogens (tertiary/aromatic N) is 5. The number of likely N-dealkylation sites (tertiary alicyclic amines) is 1. The highest BCUT2D eigenvalue weighted by atomic mass is 19.1. The molecule has 0 spiro atoms. The first kappa shape index (κ1) is 24.4. The van der Waals surface area contributed by atoms with E-state index in [0.717, 1.165) is 86.7 Å². The van der Waals surface area contributed by atoms with Crippen molar-refractivity contribution in [1.82, 2.24) is 35.0 Å². The third kappa shape index (κ3) is 4.69. The highest BCUT2D eigenvalue weighted by Gasteiger charge is 2.16. The Hall–Kier alpha value is -4.63. The van der Waals surface area contributed by atoms with E-state index in [0.29, 0.717) is 6.61 Å². The molecule has 1 aliphatic heterocycles. The molecule has 1 aliphatic rings. The van der Waals surface area contributed by atoms with Crippen molar-refractivity contribution in [2.24, 2.45) is 0 Å². The molecule has 8 nitrogen and oxygen atoms in total. The molecule has 0 radical (unpaired) electrons. The molecule has 40 heavy (non-hydrogen) atoms. The third-order valence-corrected chi connectivity index (χ3v) is 7.45. The quantitative estimate of drug-likeness (QED) is 0.256. The summed E-state index contributed by atoms with van der Waals surface area (Å²) >= 11 is 0. The number of ether oxygens (including phenoxy) is 1. The number of nitrogens with one attached hydrogen (secondary N) is 2. The molecule has 0 saturated carbocycles. The minimum atomic E-state index is -0.279. The summed E-state index contributed by atoms with van der Waals surface area (Å²) in [5.41, 5.74) is 7.27. The summed E-state index contributed by atoms with van der Waals surface area (Å²) in [5.74, 6) is 0.452. The van der Waals surface area contributed by atoms with E-state index in [4.69, 9.17) is 4.74 Å². The Morgan fingerprint density at radius 1 is 0.900 bits per heavy atom. The van der Waals surface area contributed by atoms with Gasteiger partial charge in [0, 0.05) is 46.4 Å². The molecule has 0 bridgehead atoms. The van der Waals surface area contributed by atoms with Gasteiger partial charge in [-0.3, -0.25) is 25.0 Å². The van der Waals surface area contributed by atoms with Crippen LogP contribution in [0.1, 0.15) is 18.4 Å². The molecule has 9 heteroatoms. The van der Waals surface area contributed by atoms with Crippen molar-refractivity contribution >= 4 is 21.8 Å². The van der Waals surface area contributed by atoms with Crippen molar-refractivity contribution in [3.63, 3.8) is 0 Å². The topological polar surface area (TPSA) is 95.6 Å². The Morgan fingerprint density at radius 3 is 2.65 bits per heavy atom. The largest absolute Gasteiger partial charge is 0.491 e. The van der Waals surface area contributed by atoms with Crippen molar-refractivity contribution in [2.45, 2.75) is 19.8 Å². The lowest BCUT2D eigenvalue weighted by Gasteiger charge is -2.15. The van der Waals surface area contributed by atoms with E-state index >= 15 is 0 Å². The number of pyridine rings is 3. The molecule has 1 aromatic carbocycles. The molecule has 1 fully saturated rings. The predicted molar refractivity (Wildman–Crippen MR) is 154 cm³/mol. The van der Waals surface area contributed by atoms with Gasteiger partial charge < -0.3 is 9.72 Å². The van der Waals surface area contributed by atoms with Crippen molar-refractivity contribution in [2.75, 3.05) is 26.2 Å². The van der Waals surface area contributed by atoms with Crippen molar-refractivity contribution in [1.29, 1.82) is 0 Å². The van der Waals surface area contributed by atoms with Crippen LogP contribution in [0.3, 0.4) is 0 Å². The number of halogens is 1. The lowest BCUT2D eigenvalue weighted by Crippen LogP contribution is -2.25. The standard InChI is InChI=1S/C31H28FN7O/c1-19-10-20(12-22(32)11-19)30-24-15-28(36-26(24)4-5-34-30)31-25-14-27(35-18-29(25)37-38-31)21-13-23(17-33-16-21)40-9-8-39-6-2-3-7-39/h4-5,10-18,36H,2-3,6-9H2,1H3,(H,37,38). The summed E-state index contributed by atoms with van der Waals surface area (Å²) in [4.78, 5) is 19.5. The van der Waals surface area contributed by atoms with Crippen LogP contribution in [0.15, 0.2) is 67.3 Å². The van der Waals surface area contributed by atoms with Crippen LogP contribution in [0, 0.1) is 12.7 Å². The molecule has 6 heterocycles. The molecular formula is C31H28FN7O. The van der Waals surface area contributed by atoms with Gasteiger partial charge >= 0.3 is 0 Å². The smallest absolute Gasteiger partial charge is 0.138 e. The van der Waals surface area contributed by atoms with Crippen LogP contribution in [0.25, 0.3) is 55.7 Å². The number of aromatic nitrogens is 6. The molecular weight excluding hydrogens is 505 g/mol. The van der Waals surface area contributed by atoms with Crippen LogP contribution < -0.4 is 4.74 Å². The summed E-state index contributed by atoms with van der Waals surface area (Å²) in [6.45, 7) is 5.74. The van der Waals surface area contributed by atoms with Gasteiger partial charge in [-0.05, 0) is 80.9 Å². The summed E-state index contributed by atoms with van der Waals surface area (Å²) in [6.07, 6.45) is 9.59. The molecule has 7 rings (SSSR count). The second kappa shape index (κ2) is 10.2. The fourth-order valence-electron chi connectivity index (χ4n) is 5.50. The maximum atomic E-state index is 14.2. The van der Waals surface area contributed by atoms with Gasteiger partial charge in [0.25, 0.3) is 0 Å². The second-order valence-electron chi connectivity index (χ2n) is 10.3. The number of aryl methyl sites for hydroxylation is 1. The fourth-order valence-corrected chi connectivity index (χ4v) is 5.50. The number of benzene rings is 1. The molecule has 6 aromatic rings. The van der Waals surface area contributed by atoms with E-state index < -0.39 is 0 Å². The number of rotatable bonds is 7. The van der Waals surface area contributed by atoms with Gasteiger partial charge in [0.2, 0.25) is 0 Å². The summed E-state index contributed by atoms with van der Waals surface area (Å²) < 4.78 is 20.2. The molecule has 5 aromatic heterocycles. The van der Waals surface area contributed by atoms with Gasteiger partial charge in [-0.2, -0.15) is 5.10 Å². The first-order valence-corrected chi connectivity index (χ1v) is 13.5. The van der Waals surface area contributed by atoms with Gasteiger partial charge in [0.1, 0.15) is 23.9 Å². The molecule has 0 amide bonds. The zero-order chi connectivity index (χ0) is 27.1. The Labute approximate surface area is 230 Å². The van der Waals surface area contributed by atoms with E-state index in [1.54, 1.807) is 24.8 Å². The summed E-state index contributed by atoms with van der Waals surface area (Å²) in [5, 5.41) is 9.52. The molecule has 0 aliphatic carbocycles. The Morgan fingerprint density at radius 2 is 1.77 bits per heavy atom. The van der Waals surface area contributed by atoms with Crippen LogP contribution in [0.5, 0.6) is 5.75 Å². The van der Waals surface area contributed by atoms with Crippen molar-refractivity contribution in [3.8, 4) is 39.7 Å². The normalized spacial score (nSPS) is 13.9. The first-order valence-electron chi connectivity index (χ1n) is 13.5. The summed E-state index contributed by atoms with van der Waals surface area (Å²) in [6, 6.07) is 12.9. The van der Waals surface area contributed by atoms with Crippen LogP contribution in [0.2, 0.25) is 0 Å². The summed E-state index contributed by atoms with van der Waals surface area (Å²) in [7, 11) is 0. The molecule has 0 unspecified atom stereocenters. The van der Waals surface area contributed by atoms with E-state index in [1.165, 1.54) is 25.0 Å². The van der Waals surface area contributed by atoms with Gasteiger partial charge in [-0.1, -0.05) is 0 Å². The monoisotopic (exact) mass is 533 g/mol. The van der Waals surface area contributed by atoms with Crippen LogP contribution in [-0.2, 0) is 0 Å². The van der Waals surface area contributed by atoms with E-state index in [1.807, 2.05) is 37.3 Å². The maximum absolute atomic E-state index is 14.2. The lowest BCUT2D eigenvalue weighted by atomic mass is 10.0. The highest BCUT2D eigenvalue weighted by Crippen LogP contribution is 2.34. The number of H-pyrrole nitrogens is 2. The lowest BCUT2D eigenvalue weighted by molar-refractivity contribution is 0.237. The van der Waals surface area contributed by atoms with Crippen molar-refractivity contribution < 1.29 is 9.13 Å². The van der Waals surface area contributed by atoms with E-state index in [2.05, 4.69) is 35.0 Å². The zero-order valence-electron chi connectivity index (χ0n) is 22.1. The van der Waals surface area contributed by atoms with Gasteiger partial charge in [0.05, 0.1) is 35.0 Å². The van der Waals surface area contributed by atoms with E-state index in [-0.39, 0.29) is 5.82 Å². The fraction of sp³-hybridized carbons (Fsp3) is 0.226. The van der Waals surface area contributed by atoms with Crippen LogP contribution in [-0.4, -0.2) is 61.3 Å².